The molecular weight excluding hydrogens is 324 g/mol. The maximum atomic E-state index is 13.3. The van der Waals surface area contributed by atoms with Crippen LogP contribution in [0.15, 0.2) is 0 Å². The lowest BCUT2D eigenvalue weighted by Gasteiger charge is -2.45. The van der Waals surface area contributed by atoms with Crippen molar-refractivity contribution in [1.82, 2.24) is 0 Å². The number of ether oxygens (including phenoxy) is 4. The highest BCUT2D eigenvalue weighted by molar-refractivity contribution is 6.42. The second-order valence-corrected chi connectivity index (χ2v) is 6.86. The monoisotopic (exact) mass is 360 g/mol. The van der Waals surface area contributed by atoms with E-state index < -0.39 is 28.6 Å². The first-order chi connectivity index (χ1) is 11.5. The number of carbonyl (C=O) groups is 2. The second kappa shape index (κ2) is 9.76. The van der Waals surface area contributed by atoms with Crippen molar-refractivity contribution in [3.63, 3.8) is 0 Å². The zero-order valence-electron chi connectivity index (χ0n) is 17.4. The van der Waals surface area contributed by atoms with Gasteiger partial charge in [0.25, 0.3) is 5.78 Å². The van der Waals surface area contributed by atoms with Crippen molar-refractivity contribution in [1.29, 1.82) is 0 Å². The molecular formula is C19H36O6. The van der Waals surface area contributed by atoms with Crippen LogP contribution >= 0.6 is 0 Å². The van der Waals surface area contributed by atoms with Crippen molar-refractivity contribution in [2.24, 2.45) is 11.3 Å². The molecule has 0 fully saturated rings. The van der Waals surface area contributed by atoms with Gasteiger partial charge in [-0.05, 0) is 40.5 Å². The Bertz CT molecular complexity index is 426. The molecule has 1 unspecified atom stereocenters. The van der Waals surface area contributed by atoms with E-state index in [1.807, 2.05) is 27.7 Å². The van der Waals surface area contributed by atoms with Crippen molar-refractivity contribution in [2.45, 2.75) is 73.9 Å². The molecule has 0 aromatic carbocycles. The molecule has 0 aliphatic carbocycles. The van der Waals surface area contributed by atoms with E-state index >= 15 is 0 Å². The van der Waals surface area contributed by atoms with Crippen LogP contribution in [0.5, 0.6) is 0 Å². The first kappa shape index (κ1) is 24.2. The third-order valence-electron chi connectivity index (χ3n) is 5.03. The quantitative estimate of drug-likeness (QED) is 0.370. The standard InChI is InChI=1S/C19H36O6/c1-10-22-18(9,17(7,8)14(5)6)15(20)16(21)19(23-11-2,24-12-3)25-13-4/h14H,10-13H2,1-9H3. The zero-order valence-corrected chi connectivity index (χ0v) is 17.4. The summed E-state index contributed by atoms with van der Waals surface area (Å²) in [6, 6.07) is 0. The van der Waals surface area contributed by atoms with E-state index in [0.29, 0.717) is 6.61 Å². The van der Waals surface area contributed by atoms with Crippen LogP contribution < -0.4 is 0 Å². The Morgan fingerprint density at radius 2 is 1.08 bits per heavy atom. The van der Waals surface area contributed by atoms with Crippen LogP contribution in [0.3, 0.4) is 0 Å². The molecule has 0 bridgehead atoms. The maximum Gasteiger partial charge on any atom is 0.354 e. The summed E-state index contributed by atoms with van der Waals surface area (Å²) in [7, 11) is 0. The molecule has 0 N–H and O–H groups in total. The fraction of sp³-hybridized carbons (Fsp3) is 0.895. The lowest BCUT2D eigenvalue weighted by atomic mass is 9.65. The Hall–Kier alpha value is -0.820. The molecule has 0 spiro atoms. The van der Waals surface area contributed by atoms with E-state index in [4.69, 9.17) is 18.9 Å². The van der Waals surface area contributed by atoms with Crippen LogP contribution in [-0.4, -0.2) is 49.6 Å². The van der Waals surface area contributed by atoms with Crippen molar-refractivity contribution < 1.29 is 28.5 Å². The molecule has 0 amide bonds. The average molecular weight is 360 g/mol. The Balaban J connectivity index is 6.07. The highest BCUT2D eigenvalue weighted by Gasteiger charge is 2.57. The van der Waals surface area contributed by atoms with Crippen molar-refractivity contribution >= 4 is 11.6 Å². The summed E-state index contributed by atoms with van der Waals surface area (Å²) in [5.74, 6) is -3.51. The molecule has 6 nitrogen and oxygen atoms in total. The number of ketones is 2. The van der Waals surface area contributed by atoms with Crippen LogP contribution in [-0.2, 0) is 28.5 Å². The molecule has 148 valence electrons. The Morgan fingerprint density at radius 3 is 1.36 bits per heavy atom. The predicted molar refractivity (Wildman–Crippen MR) is 96.3 cm³/mol. The Morgan fingerprint density at radius 1 is 0.720 bits per heavy atom. The van der Waals surface area contributed by atoms with Crippen molar-refractivity contribution in [2.75, 3.05) is 26.4 Å². The SMILES string of the molecule is CCOC(OCC)(OCC)C(=O)C(=O)C(C)(OCC)C(C)(C)C(C)C. The van der Waals surface area contributed by atoms with Crippen molar-refractivity contribution in [3.8, 4) is 0 Å². The van der Waals surface area contributed by atoms with Crippen LogP contribution in [0.25, 0.3) is 0 Å². The lowest BCUT2D eigenvalue weighted by Crippen LogP contribution is -2.61. The summed E-state index contributed by atoms with van der Waals surface area (Å²) in [4.78, 5) is 26.4. The number of hydrogen-bond acceptors (Lipinski definition) is 6. The minimum Gasteiger partial charge on any atom is -0.367 e. The van der Waals surface area contributed by atoms with Gasteiger partial charge < -0.3 is 18.9 Å². The van der Waals surface area contributed by atoms with Gasteiger partial charge in [0, 0.05) is 12.0 Å². The first-order valence-electron chi connectivity index (χ1n) is 9.15. The molecule has 0 aromatic heterocycles. The van der Waals surface area contributed by atoms with Gasteiger partial charge in [-0.15, -0.1) is 0 Å². The number of Topliss-reactive ketones (excluding diaryl/α,β-unsaturated/α-hetero) is 2. The van der Waals surface area contributed by atoms with Crippen LogP contribution in [0.1, 0.15) is 62.3 Å². The van der Waals surface area contributed by atoms with E-state index in [1.54, 1.807) is 34.6 Å². The van der Waals surface area contributed by atoms with Crippen LogP contribution in [0.2, 0.25) is 0 Å². The molecule has 0 radical (unpaired) electrons. The van der Waals surface area contributed by atoms with Gasteiger partial charge in [-0.2, -0.15) is 0 Å². The fourth-order valence-electron chi connectivity index (χ4n) is 2.63. The minimum absolute atomic E-state index is 0.0986. The van der Waals surface area contributed by atoms with Crippen molar-refractivity contribution in [3.05, 3.63) is 0 Å². The first-order valence-corrected chi connectivity index (χ1v) is 9.15. The zero-order chi connectivity index (χ0) is 19.9. The summed E-state index contributed by atoms with van der Waals surface area (Å²) in [5.41, 5.74) is -1.92. The fourth-order valence-corrected chi connectivity index (χ4v) is 2.63. The van der Waals surface area contributed by atoms with E-state index in [9.17, 15) is 9.59 Å². The third kappa shape index (κ3) is 4.88. The normalized spacial score (nSPS) is 15.3. The molecule has 6 heteroatoms. The molecule has 0 saturated carbocycles. The third-order valence-corrected chi connectivity index (χ3v) is 5.03. The Kier molecular flexibility index (Phi) is 9.44. The molecule has 0 saturated heterocycles. The van der Waals surface area contributed by atoms with Gasteiger partial charge in [0.15, 0.2) is 0 Å². The van der Waals surface area contributed by atoms with Gasteiger partial charge in [-0.25, -0.2) is 0 Å². The van der Waals surface area contributed by atoms with E-state index in [1.165, 1.54) is 0 Å². The highest BCUT2D eigenvalue weighted by atomic mass is 16.9. The summed E-state index contributed by atoms with van der Waals surface area (Å²) < 4.78 is 22.2. The maximum absolute atomic E-state index is 13.3. The average Bonchev–Trinajstić information content (AvgIpc) is 2.53. The summed E-state index contributed by atoms with van der Waals surface area (Å²) in [6.45, 7) is 17.2. The Labute approximate surface area is 152 Å². The number of carbonyl (C=O) groups excluding carboxylic acids is 2. The molecule has 25 heavy (non-hydrogen) atoms. The topological polar surface area (TPSA) is 71.1 Å². The predicted octanol–water partition coefficient (Wildman–Crippen LogP) is 3.37. The van der Waals surface area contributed by atoms with Gasteiger partial charge in [-0.3, -0.25) is 9.59 Å². The summed E-state index contributed by atoms with van der Waals surface area (Å²) >= 11 is 0. The van der Waals surface area contributed by atoms with Crippen LogP contribution in [0.4, 0.5) is 0 Å². The molecule has 0 heterocycles. The summed E-state index contributed by atoms with van der Waals surface area (Å²) in [6.07, 6.45) is 0. The van der Waals surface area contributed by atoms with E-state index in [-0.39, 0.29) is 25.7 Å². The van der Waals surface area contributed by atoms with Crippen LogP contribution in [0, 0.1) is 11.3 Å². The smallest absolute Gasteiger partial charge is 0.354 e. The molecule has 0 aromatic rings. The lowest BCUT2D eigenvalue weighted by molar-refractivity contribution is -0.348. The molecule has 1 atom stereocenters. The minimum atomic E-state index is -2.03. The molecule has 0 aliphatic rings. The largest absolute Gasteiger partial charge is 0.367 e. The van der Waals surface area contributed by atoms with Gasteiger partial charge in [0.1, 0.15) is 5.60 Å². The number of rotatable bonds is 13. The van der Waals surface area contributed by atoms with E-state index in [0.717, 1.165) is 0 Å². The van der Waals surface area contributed by atoms with Gasteiger partial charge in [0.05, 0.1) is 19.8 Å². The molecule has 0 rings (SSSR count). The number of hydrogen-bond donors (Lipinski definition) is 0. The van der Waals surface area contributed by atoms with E-state index in [2.05, 4.69) is 0 Å². The highest BCUT2D eigenvalue weighted by Crippen LogP contribution is 2.42. The molecule has 0 aliphatic heterocycles. The van der Waals surface area contributed by atoms with Gasteiger partial charge >= 0.3 is 5.97 Å². The second-order valence-electron chi connectivity index (χ2n) is 6.86. The van der Waals surface area contributed by atoms with Gasteiger partial charge in [-0.1, -0.05) is 27.7 Å². The van der Waals surface area contributed by atoms with Gasteiger partial charge in [0.2, 0.25) is 5.78 Å². The summed E-state index contributed by atoms with van der Waals surface area (Å²) in [5, 5.41) is 0.